The maximum absolute atomic E-state index is 13.4. The van der Waals surface area contributed by atoms with Gasteiger partial charge >= 0.3 is 0 Å². The first-order valence-electron chi connectivity index (χ1n) is 4.95. The molecule has 0 aliphatic carbocycles. The van der Waals surface area contributed by atoms with Gasteiger partial charge in [0.1, 0.15) is 0 Å². The average molecular weight is 255 g/mol. The molecule has 1 nitrogen and oxygen atoms in total. The maximum atomic E-state index is 13.4. The van der Waals surface area contributed by atoms with Gasteiger partial charge in [0.15, 0.2) is 29.0 Å². The fourth-order valence-corrected chi connectivity index (χ4v) is 1.23. The predicted octanol–water partition coefficient (Wildman–Crippen LogP) is 4.39. The molecule has 0 bridgehead atoms. The van der Waals surface area contributed by atoms with Gasteiger partial charge in [-0.1, -0.05) is 18.2 Å². The summed E-state index contributed by atoms with van der Waals surface area (Å²) in [6.45, 7) is 9.07. The Morgan fingerprint density at radius 1 is 1.06 bits per heavy atom. The molecule has 0 saturated carbocycles. The van der Waals surface area contributed by atoms with Gasteiger partial charge in [-0.25, -0.2) is 22.4 Å². The predicted molar refractivity (Wildman–Crippen MR) is 60.4 cm³/mol. The summed E-state index contributed by atoms with van der Waals surface area (Å²) in [5, 5.41) is 0. The Labute approximate surface area is 102 Å². The molecule has 0 aromatic heterocycles. The SMILES string of the molecule is [C-]#[N+]/C(C)=C\C=C\c1c(F)c(F)c(C)c(F)c1F. The number of benzene rings is 1. The van der Waals surface area contributed by atoms with Gasteiger partial charge in [-0.2, -0.15) is 0 Å². The Morgan fingerprint density at radius 2 is 1.56 bits per heavy atom. The lowest BCUT2D eigenvalue weighted by Crippen LogP contribution is -2.02. The molecule has 0 saturated heterocycles. The average Bonchev–Trinajstić information content (AvgIpc) is 2.37. The van der Waals surface area contributed by atoms with Crippen LogP contribution in [0.4, 0.5) is 17.6 Å². The summed E-state index contributed by atoms with van der Waals surface area (Å²) in [5.74, 6) is -5.73. The zero-order valence-electron chi connectivity index (χ0n) is 9.69. The Morgan fingerprint density at radius 3 is 2.00 bits per heavy atom. The first-order chi connectivity index (χ1) is 8.40. The molecular weight excluding hydrogens is 246 g/mol. The van der Waals surface area contributed by atoms with Gasteiger partial charge in [0.05, 0.1) is 12.1 Å². The van der Waals surface area contributed by atoms with Crippen molar-refractivity contribution in [2.24, 2.45) is 0 Å². The highest BCUT2D eigenvalue weighted by atomic mass is 19.2. The van der Waals surface area contributed by atoms with Crippen LogP contribution < -0.4 is 0 Å². The highest BCUT2D eigenvalue weighted by Crippen LogP contribution is 2.24. The molecule has 0 aliphatic rings. The molecule has 0 spiro atoms. The van der Waals surface area contributed by atoms with Gasteiger partial charge in [0.25, 0.3) is 0 Å². The summed E-state index contributed by atoms with van der Waals surface area (Å²) in [4.78, 5) is 3.04. The Balaban J connectivity index is 3.32. The van der Waals surface area contributed by atoms with E-state index >= 15 is 0 Å². The minimum Gasteiger partial charge on any atom is -0.243 e. The lowest BCUT2D eigenvalue weighted by atomic mass is 10.1. The monoisotopic (exact) mass is 255 g/mol. The van der Waals surface area contributed by atoms with Crippen molar-refractivity contribution < 1.29 is 17.6 Å². The summed E-state index contributed by atoms with van der Waals surface area (Å²) in [6, 6.07) is 0. The van der Waals surface area contributed by atoms with Crippen LogP contribution in [0.2, 0.25) is 0 Å². The molecule has 94 valence electrons. The molecule has 0 aliphatic heterocycles. The zero-order valence-corrected chi connectivity index (χ0v) is 9.69. The van der Waals surface area contributed by atoms with Crippen molar-refractivity contribution in [3.05, 3.63) is 63.7 Å². The lowest BCUT2D eigenvalue weighted by molar-refractivity contribution is 0.442. The number of hydrogen-bond acceptors (Lipinski definition) is 0. The van der Waals surface area contributed by atoms with Crippen LogP contribution in [0.5, 0.6) is 0 Å². The van der Waals surface area contributed by atoms with Crippen LogP contribution in [0, 0.1) is 36.8 Å². The fraction of sp³-hybridized carbons (Fsp3) is 0.154. The van der Waals surface area contributed by atoms with E-state index in [1.54, 1.807) is 0 Å². The topological polar surface area (TPSA) is 4.36 Å². The molecule has 0 fully saturated rings. The second kappa shape index (κ2) is 5.50. The quantitative estimate of drug-likeness (QED) is 0.319. The summed E-state index contributed by atoms with van der Waals surface area (Å²) in [7, 11) is 0. The van der Waals surface area contributed by atoms with E-state index in [1.165, 1.54) is 13.0 Å². The molecule has 0 radical (unpaired) electrons. The van der Waals surface area contributed by atoms with E-state index in [-0.39, 0.29) is 5.70 Å². The van der Waals surface area contributed by atoms with Crippen LogP contribution in [-0.2, 0) is 0 Å². The van der Waals surface area contributed by atoms with Crippen molar-refractivity contribution in [3.63, 3.8) is 0 Å². The smallest absolute Gasteiger partial charge is 0.169 e. The van der Waals surface area contributed by atoms with E-state index in [0.717, 1.165) is 19.1 Å². The van der Waals surface area contributed by atoms with E-state index in [0.29, 0.717) is 0 Å². The van der Waals surface area contributed by atoms with Gasteiger partial charge < -0.3 is 0 Å². The van der Waals surface area contributed by atoms with E-state index in [1.807, 2.05) is 0 Å². The third-order valence-corrected chi connectivity index (χ3v) is 2.29. The normalized spacial score (nSPS) is 11.9. The molecule has 5 heteroatoms. The van der Waals surface area contributed by atoms with Gasteiger partial charge in [-0.05, 0) is 13.8 Å². The van der Waals surface area contributed by atoms with E-state index in [2.05, 4.69) is 4.85 Å². The first-order valence-corrected chi connectivity index (χ1v) is 4.95. The highest BCUT2D eigenvalue weighted by Gasteiger charge is 2.20. The lowest BCUT2D eigenvalue weighted by Gasteiger charge is -2.05. The summed E-state index contributed by atoms with van der Waals surface area (Å²) < 4.78 is 53.2. The largest absolute Gasteiger partial charge is 0.243 e. The molecular formula is C13H9F4N. The Hall–Kier alpha value is -2.09. The molecule has 0 heterocycles. The minimum absolute atomic E-state index is 0.278. The van der Waals surface area contributed by atoms with Crippen LogP contribution in [0.15, 0.2) is 17.8 Å². The molecule has 0 amide bonds. The minimum atomic E-state index is -1.45. The third kappa shape index (κ3) is 2.59. The molecule has 0 N–H and O–H groups in total. The van der Waals surface area contributed by atoms with Crippen molar-refractivity contribution in [2.45, 2.75) is 13.8 Å². The van der Waals surface area contributed by atoms with Crippen LogP contribution in [0.3, 0.4) is 0 Å². The van der Waals surface area contributed by atoms with Crippen LogP contribution in [0.25, 0.3) is 10.9 Å². The summed E-state index contributed by atoms with van der Waals surface area (Å²) in [6.07, 6.45) is 3.32. The van der Waals surface area contributed by atoms with Gasteiger partial charge in [-0.3, -0.25) is 0 Å². The third-order valence-electron chi connectivity index (χ3n) is 2.29. The Bertz CT molecular complexity index is 551. The van der Waals surface area contributed by atoms with E-state index in [4.69, 9.17) is 6.57 Å². The van der Waals surface area contributed by atoms with Crippen molar-refractivity contribution in [1.29, 1.82) is 0 Å². The standard InChI is InChI=1S/C13H9F4N/c1-7(18-3)5-4-6-9-12(16)10(14)8(2)11(15)13(9)17/h4-6H,1-2H3/b6-4+,7-5-. The number of allylic oxidation sites excluding steroid dienone is 3. The molecule has 0 unspecified atom stereocenters. The second-order valence-corrected chi connectivity index (χ2v) is 3.57. The Kier molecular flexibility index (Phi) is 4.27. The maximum Gasteiger partial charge on any atom is 0.169 e. The molecule has 1 aromatic carbocycles. The second-order valence-electron chi connectivity index (χ2n) is 3.57. The van der Waals surface area contributed by atoms with Crippen molar-refractivity contribution in [3.8, 4) is 0 Å². The fourth-order valence-electron chi connectivity index (χ4n) is 1.23. The summed E-state index contributed by atoms with van der Waals surface area (Å²) in [5.41, 5.74) is -1.22. The number of rotatable bonds is 2. The highest BCUT2D eigenvalue weighted by molar-refractivity contribution is 5.54. The van der Waals surface area contributed by atoms with Crippen LogP contribution in [-0.4, -0.2) is 0 Å². The molecule has 18 heavy (non-hydrogen) atoms. The van der Waals surface area contributed by atoms with Crippen molar-refractivity contribution >= 4 is 6.08 Å². The molecule has 1 aromatic rings. The van der Waals surface area contributed by atoms with E-state index in [9.17, 15) is 17.6 Å². The van der Waals surface area contributed by atoms with Crippen molar-refractivity contribution in [2.75, 3.05) is 0 Å². The molecule has 0 atom stereocenters. The number of nitrogens with zero attached hydrogens (tertiary/aromatic N) is 1. The molecule has 1 rings (SSSR count). The zero-order chi connectivity index (χ0) is 13.9. The first kappa shape index (κ1) is 14.0. The van der Waals surface area contributed by atoms with Crippen LogP contribution >= 0.6 is 0 Å². The summed E-state index contributed by atoms with van der Waals surface area (Å²) >= 11 is 0. The van der Waals surface area contributed by atoms with Gasteiger partial charge in [0.2, 0.25) is 0 Å². The van der Waals surface area contributed by atoms with Crippen molar-refractivity contribution in [1.82, 2.24) is 0 Å². The number of hydrogen-bond donors (Lipinski definition) is 0. The van der Waals surface area contributed by atoms with E-state index < -0.39 is 34.4 Å². The van der Waals surface area contributed by atoms with Gasteiger partial charge in [0, 0.05) is 5.56 Å². The van der Waals surface area contributed by atoms with Crippen LogP contribution in [0.1, 0.15) is 18.1 Å². The number of halogens is 4. The van der Waals surface area contributed by atoms with Gasteiger partial charge in [-0.15, -0.1) is 0 Å².